The summed E-state index contributed by atoms with van der Waals surface area (Å²) in [6.45, 7) is 0. The monoisotopic (exact) mass is 126 g/mol. The Labute approximate surface area is 36.8 Å². The smallest absolute Gasteiger partial charge is 0.154 e. The van der Waals surface area contributed by atoms with Crippen LogP contribution in [-0.4, -0.2) is 9.02 Å². The maximum atomic E-state index is 5.33. The van der Waals surface area contributed by atoms with Crippen molar-refractivity contribution in [2.75, 3.05) is 0 Å². The molecule has 0 fully saturated rings. The quantitative estimate of drug-likeness (QED) is 0.566. The second-order valence-electron chi connectivity index (χ2n) is 0.550. The van der Waals surface area contributed by atoms with E-state index in [0.29, 0.717) is 0 Å². The molecule has 1 N–H and O–H groups in total. The standard InChI is InChI=1S/ClHN2P2/c1-5-2-4-3-5/h(H,2,3). The van der Waals surface area contributed by atoms with Crippen molar-refractivity contribution in [1.82, 2.24) is 9.02 Å². The maximum Gasteiger partial charge on any atom is 0.154 e. The van der Waals surface area contributed by atoms with E-state index in [-0.39, 0.29) is 0 Å². The number of hydrogen-bond acceptors (Lipinski definition) is 1. The van der Waals surface area contributed by atoms with Crippen molar-refractivity contribution in [3.8, 4) is 0 Å². The van der Waals surface area contributed by atoms with E-state index in [4.69, 9.17) is 11.2 Å². The summed E-state index contributed by atoms with van der Waals surface area (Å²) in [5, 5.41) is 0. The molecule has 0 bridgehead atoms. The Morgan fingerprint density at radius 3 is 2.40 bits per heavy atom. The van der Waals surface area contributed by atoms with Gasteiger partial charge < -0.3 is 0 Å². The summed E-state index contributed by atoms with van der Waals surface area (Å²) in [6, 6.07) is 0. The van der Waals surface area contributed by atoms with Crippen LogP contribution in [0.25, 0.3) is 0 Å². The lowest BCUT2D eigenvalue weighted by Crippen LogP contribution is -1.55. The third-order valence-corrected chi connectivity index (χ3v) is 3.54. The summed E-state index contributed by atoms with van der Waals surface area (Å²) in [6.07, 6.45) is 0. The maximum absolute atomic E-state index is 5.33. The molecule has 0 spiro atoms. The van der Waals surface area contributed by atoms with Crippen molar-refractivity contribution >= 4 is 27.0 Å². The Balaban J connectivity index is 2.83. The SMILES string of the molecule is Clp1np[nH]1. The van der Waals surface area contributed by atoms with Gasteiger partial charge in [-0.3, -0.25) is 4.51 Å². The number of H-pyrrole nitrogens is 1. The molecule has 0 aliphatic rings. The lowest BCUT2D eigenvalue weighted by Gasteiger charge is -1.83. The van der Waals surface area contributed by atoms with Gasteiger partial charge in [0.05, 0.1) is 0 Å². The third-order valence-electron chi connectivity index (χ3n) is 0.250. The topological polar surface area (TPSA) is 28.7 Å². The average molecular weight is 126 g/mol. The first kappa shape index (κ1) is 3.67. The van der Waals surface area contributed by atoms with Crippen LogP contribution in [0.4, 0.5) is 0 Å². The van der Waals surface area contributed by atoms with Crippen LogP contribution >= 0.6 is 27.0 Å². The molecule has 0 amide bonds. The first-order valence-corrected chi connectivity index (χ1v) is 4.06. The van der Waals surface area contributed by atoms with Crippen molar-refractivity contribution in [3.63, 3.8) is 0 Å². The van der Waals surface area contributed by atoms with E-state index in [2.05, 4.69) is 9.02 Å². The molecule has 0 aliphatic heterocycles. The first-order chi connectivity index (χ1) is 2.39. The number of hydrogen-bond donors (Lipinski definition) is 1. The van der Waals surface area contributed by atoms with E-state index < -0.39 is 7.20 Å². The first-order valence-electron chi connectivity index (χ1n) is 1.02. The largest absolute Gasteiger partial charge is 0.286 e. The molecule has 2 nitrogen and oxygen atoms in total. The summed E-state index contributed by atoms with van der Waals surface area (Å²) < 4.78 is 6.60. The van der Waals surface area contributed by atoms with Crippen LogP contribution in [0.5, 0.6) is 0 Å². The second-order valence-corrected chi connectivity index (χ2v) is 3.75. The van der Waals surface area contributed by atoms with Crippen LogP contribution in [0.2, 0.25) is 0 Å². The van der Waals surface area contributed by atoms with Gasteiger partial charge in [-0.05, 0) is 11.2 Å². The number of rotatable bonds is 0. The Hall–Kier alpha value is 0.490. The highest BCUT2D eigenvalue weighted by molar-refractivity contribution is 7.77. The Kier molecular flexibility index (Phi) is 0.954. The number of aromatic nitrogens is 2. The molecule has 28 valence electrons. The van der Waals surface area contributed by atoms with Gasteiger partial charge in [-0.1, -0.05) is 0 Å². The number of nitrogens with zero attached hydrogens (tertiary/aromatic N) is 1. The third kappa shape index (κ3) is 0.661. The van der Waals surface area contributed by atoms with E-state index in [9.17, 15) is 0 Å². The van der Waals surface area contributed by atoms with Crippen LogP contribution in [0.3, 0.4) is 0 Å². The van der Waals surface area contributed by atoms with Crippen LogP contribution in [0, 0.1) is 0 Å². The fourth-order valence-electron chi connectivity index (χ4n) is 0.0785. The van der Waals surface area contributed by atoms with Crippen LogP contribution in [0.15, 0.2) is 0 Å². The highest BCUT2D eigenvalue weighted by Gasteiger charge is 1.80. The van der Waals surface area contributed by atoms with Gasteiger partial charge in [-0.25, -0.2) is 0 Å². The van der Waals surface area contributed by atoms with Gasteiger partial charge in [-0.2, -0.15) is 4.51 Å². The molecule has 0 saturated heterocycles. The van der Waals surface area contributed by atoms with Gasteiger partial charge in [0.2, 0.25) is 0 Å². The van der Waals surface area contributed by atoms with Crippen molar-refractivity contribution in [1.29, 1.82) is 0 Å². The van der Waals surface area contributed by atoms with E-state index in [0.717, 1.165) is 8.51 Å². The molecule has 0 aromatic carbocycles. The summed E-state index contributed by atoms with van der Waals surface area (Å²) >= 11 is 5.33. The molecular weight excluding hydrogens is 125 g/mol. The zero-order valence-electron chi connectivity index (χ0n) is 2.22. The molecule has 1 heterocycles. The van der Waals surface area contributed by atoms with Crippen LogP contribution in [-0.2, 0) is 0 Å². The molecule has 1 aromatic rings. The van der Waals surface area contributed by atoms with Crippen molar-refractivity contribution in [3.05, 3.63) is 0 Å². The molecule has 1 atom stereocenters. The van der Waals surface area contributed by atoms with Crippen LogP contribution in [0.1, 0.15) is 0 Å². The lowest BCUT2D eigenvalue weighted by molar-refractivity contribution is 1.68. The van der Waals surface area contributed by atoms with Gasteiger partial charge in [0.15, 0.2) is 7.20 Å². The zero-order valence-corrected chi connectivity index (χ0v) is 4.76. The molecule has 0 radical (unpaired) electrons. The van der Waals surface area contributed by atoms with Gasteiger partial charge in [-0.15, -0.1) is 0 Å². The summed E-state index contributed by atoms with van der Waals surface area (Å²) in [4.78, 5) is 0. The van der Waals surface area contributed by atoms with Crippen molar-refractivity contribution < 1.29 is 0 Å². The summed E-state index contributed by atoms with van der Waals surface area (Å²) in [5.74, 6) is 0. The van der Waals surface area contributed by atoms with E-state index in [1.807, 2.05) is 0 Å². The highest BCUT2D eigenvalue weighted by Crippen LogP contribution is 2.29. The minimum Gasteiger partial charge on any atom is -0.286 e. The predicted molar refractivity (Wildman–Crippen MR) is 25.1 cm³/mol. The van der Waals surface area contributed by atoms with E-state index in [1.165, 1.54) is 0 Å². The molecular formula is HClN2P2. The lowest BCUT2D eigenvalue weighted by atomic mass is 13.9. The normalized spacial score (nSPS) is 14.2. The number of halogens is 1. The summed E-state index contributed by atoms with van der Waals surface area (Å²) in [5.41, 5.74) is 0. The molecule has 0 saturated carbocycles. The van der Waals surface area contributed by atoms with Crippen molar-refractivity contribution in [2.45, 2.75) is 0 Å². The fraction of sp³-hybridized carbons (Fsp3) is 0. The average Bonchev–Trinajstić information content (AvgIpc) is 1.30. The Morgan fingerprint density at radius 1 is 2.00 bits per heavy atom. The van der Waals surface area contributed by atoms with Crippen molar-refractivity contribution in [2.24, 2.45) is 0 Å². The molecule has 5 heteroatoms. The predicted octanol–water partition coefficient (Wildman–Crippen LogP) is 1.98. The molecule has 1 rings (SSSR count). The molecule has 1 aromatic heterocycles. The fourth-order valence-corrected chi connectivity index (χ4v) is 1.32. The minimum absolute atomic E-state index is 0.583. The van der Waals surface area contributed by atoms with Crippen LogP contribution < -0.4 is 0 Å². The zero-order chi connectivity index (χ0) is 3.70. The number of nitrogens with one attached hydrogen (secondary N) is 1. The molecule has 0 aliphatic carbocycles. The second kappa shape index (κ2) is 1.30. The summed E-state index contributed by atoms with van der Waals surface area (Å²) in [7, 11) is 0.362. The molecule has 1 unspecified atom stereocenters. The van der Waals surface area contributed by atoms with Gasteiger partial charge >= 0.3 is 0 Å². The van der Waals surface area contributed by atoms with Gasteiger partial charge in [0.1, 0.15) is 8.51 Å². The van der Waals surface area contributed by atoms with Gasteiger partial charge in [0, 0.05) is 0 Å². The minimum atomic E-state index is -0.583. The highest BCUT2D eigenvalue weighted by atomic mass is 35.7. The molecule has 5 heavy (non-hydrogen) atoms. The van der Waals surface area contributed by atoms with Gasteiger partial charge in [0.25, 0.3) is 0 Å². The number of aromatic amines is 1. The van der Waals surface area contributed by atoms with E-state index >= 15 is 0 Å². The Morgan fingerprint density at radius 2 is 2.40 bits per heavy atom. The van der Waals surface area contributed by atoms with E-state index in [1.54, 1.807) is 0 Å². The Bertz CT molecular complexity index is 89.8.